The van der Waals surface area contributed by atoms with Gasteiger partial charge in [0.1, 0.15) is 52.0 Å². The van der Waals surface area contributed by atoms with Crippen LogP contribution in [0.2, 0.25) is 5.02 Å². The zero-order valence-corrected chi connectivity index (χ0v) is 52.1. The molecule has 0 aliphatic heterocycles. The SMILES string of the molecule is COC(=O)Cc1csc2nc(-c3cc(C)ccc3F)c(Nc3c(C)cccc3Cl)n12.Cc1ccc(F)c(-c2nc3scc(-c4ccccc4)n3c2NC2CCCC2)c1.Cc1ccc(F)c(-c2nc3scc(-c4ccccc4)n3c2NC2CCCCC2)c1. The molecule has 2 fully saturated rings. The average Bonchev–Trinajstić information content (AvgIpc) is 1.68. The first-order chi connectivity index (χ1) is 42.3. The number of esters is 1. The quantitative estimate of drug-likeness (QED) is 0.0979. The number of methoxy groups -OCH3 is 1. The fraction of sp³-hybridized carbons (Fsp3) is 0.246. The number of nitrogens with one attached hydrogen (secondary N) is 3. The van der Waals surface area contributed by atoms with Gasteiger partial charge in [0.15, 0.2) is 14.9 Å². The van der Waals surface area contributed by atoms with Crippen LogP contribution < -0.4 is 16.0 Å². The second-order valence-electron chi connectivity index (χ2n) is 22.3. The van der Waals surface area contributed by atoms with Crippen molar-refractivity contribution < 1.29 is 22.7 Å². The number of nitrogens with zero attached hydrogens (tertiary/aromatic N) is 6. The summed E-state index contributed by atoms with van der Waals surface area (Å²) in [6, 6.07) is 42.4. The average molecular weight is 1240 g/mol. The molecule has 2 aliphatic carbocycles. The number of hydrogen-bond donors (Lipinski definition) is 3. The Morgan fingerprint density at radius 1 is 0.540 bits per heavy atom. The van der Waals surface area contributed by atoms with E-state index < -0.39 is 0 Å². The second kappa shape index (κ2) is 26.0. The molecule has 6 aromatic carbocycles. The summed E-state index contributed by atoms with van der Waals surface area (Å²) in [5.41, 5.74) is 13.1. The molecule has 444 valence electrons. The van der Waals surface area contributed by atoms with E-state index in [4.69, 9.17) is 26.3 Å². The van der Waals surface area contributed by atoms with Gasteiger partial charge in [-0.25, -0.2) is 28.1 Å². The van der Waals surface area contributed by atoms with Gasteiger partial charge in [0.2, 0.25) is 0 Å². The van der Waals surface area contributed by atoms with E-state index >= 15 is 0 Å². The van der Waals surface area contributed by atoms with Crippen LogP contribution in [0.5, 0.6) is 0 Å². The maximum atomic E-state index is 14.8. The molecular weight excluding hydrogens is 1180 g/mol. The highest BCUT2D eigenvalue weighted by Gasteiger charge is 2.28. The summed E-state index contributed by atoms with van der Waals surface area (Å²) in [6.45, 7) is 7.81. The molecule has 87 heavy (non-hydrogen) atoms. The summed E-state index contributed by atoms with van der Waals surface area (Å²) in [5.74, 6) is 1.17. The van der Waals surface area contributed by atoms with E-state index in [-0.39, 0.29) is 29.8 Å². The Morgan fingerprint density at radius 2 is 0.966 bits per heavy atom. The lowest BCUT2D eigenvalue weighted by Gasteiger charge is -2.24. The number of halogens is 4. The van der Waals surface area contributed by atoms with Crippen molar-refractivity contribution >= 4 is 89.6 Å². The number of aryl methyl sites for hydroxylation is 4. The van der Waals surface area contributed by atoms with Crippen molar-refractivity contribution in [2.45, 2.75) is 104 Å². The van der Waals surface area contributed by atoms with E-state index in [1.807, 2.05) is 98.1 Å². The van der Waals surface area contributed by atoms with Gasteiger partial charge in [-0.1, -0.05) is 151 Å². The fourth-order valence-electron chi connectivity index (χ4n) is 11.6. The van der Waals surface area contributed by atoms with Crippen LogP contribution in [0.25, 0.3) is 71.2 Å². The molecule has 18 heteroatoms. The van der Waals surface area contributed by atoms with Crippen LogP contribution in [-0.2, 0) is 16.0 Å². The van der Waals surface area contributed by atoms with Crippen molar-refractivity contribution in [1.29, 1.82) is 0 Å². The van der Waals surface area contributed by atoms with E-state index in [0.29, 0.717) is 73.0 Å². The molecule has 0 bridgehead atoms. The number of rotatable bonds is 13. The summed E-state index contributed by atoms with van der Waals surface area (Å²) in [6.07, 6.45) is 10.9. The van der Waals surface area contributed by atoms with Crippen LogP contribution >= 0.6 is 45.6 Å². The van der Waals surface area contributed by atoms with Gasteiger partial charge in [-0.2, -0.15) is 0 Å². The molecule has 0 atom stereocenters. The summed E-state index contributed by atoms with van der Waals surface area (Å²) in [7, 11) is 1.35. The molecule has 11 nitrogen and oxygen atoms in total. The van der Waals surface area contributed by atoms with Crippen LogP contribution in [0.15, 0.2) is 150 Å². The largest absolute Gasteiger partial charge is 0.469 e. The first-order valence-corrected chi connectivity index (χ1v) is 32.3. The molecule has 0 saturated heterocycles. The highest BCUT2D eigenvalue weighted by molar-refractivity contribution is 7.16. The van der Waals surface area contributed by atoms with E-state index in [1.165, 1.54) is 62.7 Å². The monoisotopic (exact) mass is 1240 g/mol. The van der Waals surface area contributed by atoms with Crippen molar-refractivity contribution in [3.05, 3.63) is 200 Å². The lowest BCUT2D eigenvalue weighted by atomic mass is 9.95. The van der Waals surface area contributed by atoms with E-state index in [9.17, 15) is 18.0 Å². The molecule has 3 N–H and O–H groups in total. The third kappa shape index (κ3) is 12.5. The Labute approximate surface area is 520 Å². The molecule has 6 aromatic heterocycles. The van der Waals surface area contributed by atoms with Gasteiger partial charge in [0.05, 0.1) is 35.6 Å². The number of carbonyl (C=O) groups excluding carboxylic acids is 1. The number of carbonyl (C=O) groups is 1. The highest BCUT2D eigenvalue weighted by Crippen LogP contribution is 2.42. The predicted octanol–water partition coefficient (Wildman–Crippen LogP) is 19.4. The first-order valence-electron chi connectivity index (χ1n) is 29.3. The molecule has 2 aliphatic rings. The predicted molar refractivity (Wildman–Crippen MR) is 352 cm³/mol. The van der Waals surface area contributed by atoms with E-state index in [1.54, 1.807) is 59.1 Å². The maximum Gasteiger partial charge on any atom is 0.311 e. The van der Waals surface area contributed by atoms with E-state index in [0.717, 1.165) is 92.0 Å². The van der Waals surface area contributed by atoms with Gasteiger partial charge in [0.25, 0.3) is 0 Å². The Morgan fingerprint density at radius 3 is 1.41 bits per heavy atom. The highest BCUT2D eigenvalue weighted by atomic mass is 35.5. The molecule has 2 saturated carbocycles. The molecular formula is C69H65ClF3N9O2S3. The van der Waals surface area contributed by atoms with Crippen molar-refractivity contribution in [3.8, 4) is 56.3 Å². The first kappa shape index (κ1) is 59.1. The number of benzene rings is 6. The van der Waals surface area contributed by atoms with Crippen LogP contribution in [0.3, 0.4) is 0 Å². The molecule has 12 aromatic rings. The van der Waals surface area contributed by atoms with Crippen LogP contribution in [0.1, 0.15) is 85.7 Å². The molecule has 0 radical (unpaired) electrons. The van der Waals surface area contributed by atoms with Crippen LogP contribution in [0.4, 0.5) is 36.3 Å². The normalized spacial score (nSPS) is 13.6. The number of ether oxygens (including phenoxy) is 1. The molecule has 6 heterocycles. The van der Waals surface area contributed by atoms with Gasteiger partial charge in [0, 0.05) is 50.6 Å². The number of fused-ring (bicyclic) bond motifs is 3. The Hall–Kier alpha value is -8.22. The second-order valence-corrected chi connectivity index (χ2v) is 25.3. The summed E-state index contributed by atoms with van der Waals surface area (Å²) < 4.78 is 55.3. The molecule has 0 unspecified atom stereocenters. The number of thiazole rings is 3. The van der Waals surface area contributed by atoms with Gasteiger partial charge in [-0.15, -0.1) is 34.0 Å². The summed E-state index contributed by atoms with van der Waals surface area (Å²) in [4.78, 5) is 28.7. The number of imidazole rings is 3. The van der Waals surface area contributed by atoms with Crippen molar-refractivity contribution in [3.63, 3.8) is 0 Å². The number of aromatic nitrogens is 6. The van der Waals surface area contributed by atoms with Gasteiger partial charge in [-0.05, 0) is 113 Å². The summed E-state index contributed by atoms with van der Waals surface area (Å²) in [5, 5.41) is 17.5. The fourth-order valence-corrected chi connectivity index (χ4v) is 14.6. The molecule has 0 spiro atoms. The lowest BCUT2D eigenvalue weighted by Crippen LogP contribution is -2.23. The summed E-state index contributed by atoms with van der Waals surface area (Å²) >= 11 is 11.0. The van der Waals surface area contributed by atoms with Gasteiger partial charge >= 0.3 is 5.97 Å². The zero-order valence-electron chi connectivity index (χ0n) is 48.9. The lowest BCUT2D eigenvalue weighted by molar-refractivity contribution is -0.139. The van der Waals surface area contributed by atoms with Crippen molar-refractivity contribution in [2.24, 2.45) is 0 Å². The Bertz CT molecular complexity index is 4400. The topological polar surface area (TPSA) is 114 Å². The number of para-hydroxylation sites is 1. The number of hydrogen-bond acceptors (Lipinski definition) is 11. The van der Waals surface area contributed by atoms with Crippen molar-refractivity contribution in [2.75, 3.05) is 23.1 Å². The van der Waals surface area contributed by atoms with Gasteiger partial charge < -0.3 is 20.7 Å². The molecule has 0 amide bonds. The Balaban J connectivity index is 0.000000127. The van der Waals surface area contributed by atoms with Crippen LogP contribution in [-0.4, -0.2) is 53.3 Å². The minimum absolute atomic E-state index is 0.0682. The third-order valence-electron chi connectivity index (χ3n) is 16.1. The zero-order chi connectivity index (χ0) is 60.3. The van der Waals surface area contributed by atoms with E-state index in [2.05, 4.69) is 64.8 Å². The third-order valence-corrected chi connectivity index (χ3v) is 18.9. The minimum Gasteiger partial charge on any atom is -0.469 e. The smallest absolute Gasteiger partial charge is 0.311 e. The molecule has 14 rings (SSSR count). The minimum atomic E-state index is -0.375. The standard InChI is InChI=1S/C24H24FN3S.C23H22FN3S.C22H19ClFN3O2S/c1-16-12-13-20(25)19(14-16)22-23(26-18-10-6-3-7-11-18)28-21(15-29-24(28)27-22)17-8-4-2-5-9-17;1-15-11-12-19(24)18(13-15)21-22(25-17-9-5-6-10-17)27-20(14-28-23(27)26-21)16-7-3-2-4-8-16;1-12-7-8-17(24)15(9-12)20-21(25-19-13(2)5-4-6-16(19)23)27-14(10-18(28)29-3)11-30-22(27)26-20/h2,4-5,8-9,12-15,18,26H,3,6-7,10-11H2,1H3;2-4,7-8,11-14,17,25H,5-6,9-10H2,1H3;4-9,11,25H,10H2,1-3H3. The maximum absolute atomic E-state index is 14.8. The van der Waals surface area contributed by atoms with Crippen molar-refractivity contribution in [1.82, 2.24) is 28.2 Å². The number of anilines is 4. The van der Waals surface area contributed by atoms with Gasteiger partial charge in [-0.3, -0.25) is 18.0 Å². The Kier molecular flexibility index (Phi) is 17.7. The van der Waals surface area contributed by atoms with Crippen LogP contribution in [0, 0.1) is 45.1 Å².